The van der Waals surface area contributed by atoms with Crippen molar-refractivity contribution in [2.24, 2.45) is 0 Å². The summed E-state index contributed by atoms with van der Waals surface area (Å²) in [6.45, 7) is 2.94. The highest BCUT2D eigenvalue weighted by Crippen LogP contribution is 2.29. The number of hydrogen-bond donors (Lipinski definition) is 1. The van der Waals surface area contributed by atoms with Gasteiger partial charge in [0.2, 0.25) is 5.91 Å². The molecule has 1 saturated heterocycles. The molecular weight excluding hydrogens is 357 g/mol. The van der Waals surface area contributed by atoms with Crippen LogP contribution in [0.2, 0.25) is 0 Å². The van der Waals surface area contributed by atoms with Crippen molar-refractivity contribution in [2.75, 3.05) is 29.9 Å². The highest BCUT2D eigenvalue weighted by molar-refractivity contribution is 7.91. The summed E-state index contributed by atoms with van der Waals surface area (Å²) >= 11 is 0. The number of hydrogen-bond acceptors (Lipinski definition) is 4. The smallest absolute Gasteiger partial charge is 0.326 e. The molecule has 9 heteroatoms. The van der Waals surface area contributed by atoms with E-state index in [1.165, 1.54) is 12.1 Å². The minimum absolute atomic E-state index is 0.0751. The first-order valence-electron chi connectivity index (χ1n) is 8.02. The molecular formula is C16H21F3N2O3S. The molecule has 1 aromatic carbocycles. The van der Waals surface area contributed by atoms with Gasteiger partial charge in [0.05, 0.1) is 17.1 Å². The van der Waals surface area contributed by atoms with Gasteiger partial charge in [-0.25, -0.2) is 8.42 Å². The summed E-state index contributed by atoms with van der Waals surface area (Å²) in [6.07, 6.45) is -3.70. The molecule has 1 aliphatic heterocycles. The van der Waals surface area contributed by atoms with E-state index < -0.39 is 21.6 Å². The van der Waals surface area contributed by atoms with Gasteiger partial charge in [-0.2, -0.15) is 13.2 Å². The molecule has 1 amide bonds. The number of nitrogens with zero attached hydrogens (tertiary/aromatic N) is 1. The molecule has 1 aliphatic rings. The Kier molecular flexibility index (Phi) is 6.10. The number of sulfone groups is 1. The monoisotopic (exact) mass is 378 g/mol. The maximum absolute atomic E-state index is 12.5. The van der Waals surface area contributed by atoms with E-state index in [-0.39, 0.29) is 29.9 Å². The first-order chi connectivity index (χ1) is 11.6. The number of carbonyl (C=O) groups is 1. The molecule has 1 atom stereocenters. The lowest BCUT2D eigenvalue weighted by atomic mass is 10.2. The second-order valence-corrected chi connectivity index (χ2v) is 8.29. The molecule has 0 bridgehead atoms. The summed E-state index contributed by atoms with van der Waals surface area (Å²) in [5.74, 6) is -0.0353. The molecule has 0 saturated carbocycles. The topological polar surface area (TPSA) is 66.5 Å². The van der Waals surface area contributed by atoms with E-state index in [0.717, 1.165) is 12.1 Å². The lowest BCUT2D eigenvalue weighted by Crippen LogP contribution is -2.38. The number of amides is 1. The maximum atomic E-state index is 12.5. The van der Waals surface area contributed by atoms with Gasteiger partial charge in [-0.05, 0) is 37.2 Å². The molecule has 1 fully saturated rings. The molecule has 140 valence electrons. The van der Waals surface area contributed by atoms with Crippen LogP contribution in [0, 0.1) is 0 Å². The van der Waals surface area contributed by atoms with Gasteiger partial charge in [0, 0.05) is 24.7 Å². The van der Waals surface area contributed by atoms with Crippen molar-refractivity contribution >= 4 is 21.4 Å². The number of benzene rings is 1. The fourth-order valence-electron chi connectivity index (χ4n) is 2.87. The van der Waals surface area contributed by atoms with Crippen molar-refractivity contribution in [1.82, 2.24) is 4.90 Å². The third-order valence-electron chi connectivity index (χ3n) is 4.25. The van der Waals surface area contributed by atoms with E-state index in [1.54, 1.807) is 0 Å². The molecule has 1 unspecified atom stereocenters. The van der Waals surface area contributed by atoms with Crippen LogP contribution in [0.5, 0.6) is 0 Å². The Balaban J connectivity index is 1.85. The molecule has 0 spiro atoms. The number of alkyl halides is 3. The van der Waals surface area contributed by atoms with Crippen LogP contribution < -0.4 is 5.32 Å². The number of rotatable bonds is 6. The Labute approximate surface area is 145 Å². The van der Waals surface area contributed by atoms with E-state index in [0.29, 0.717) is 25.2 Å². The van der Waals surface area contributed by atoms with Gasteiger partial charge in [0.25, 0.3) is 0 Å². The Morgan fingerprint density at radius 2 is 1.92 bits per heavy atom. The van der Waals surface area contributed by atoms with Gasteiger partial charge in [-0.1, -0.05) is 6.92 Å². The summed E-state index contributed by atoms with van der Waals surface area (Å²) < 4.78 is 60.6. The molecule has 1 aromatic rings. The standard InChI is InChI=1S/C16H21F3N2O3S/c1-2-21(14-8-10-25(23,24)11-14)9-7-15(22)20-13-5-3-12(4-6-13)16(17,18)19/h3-6,14H,2,7-11H2,1H3,(H,20,22). The van der Waals surface area contributed by atoms with Gasteiger partial charge in [-0.3, -0.25) is 9.69 Å². The predicted molar refractivity (Wildman–Crippen MR) is 89.0 cm³/mol. The average molecular weight is 378 g/mol. The maximum Gasteiger partial charge on any atom is 0.416 e. The summed E-state index contributed by atoms with van der Waals surface area (Å²) in [5.41, 5.74) is -0.477. The molecule has 1 N–H and O–H groups in total. The van der Waals surface area contributed by atoms with Crippen LogP contribution in [0.4, 0.5) is 18.9 Å². The van der Waals surface area contributed by atoms with Crippen LogP contribution in [0.25, 0.3) is 0 Å². The Morgan fingerprint density at radius 3 is 2.40 bits per heavy atom. The van der Waals surface area contributed by atoms with Crippen molar-refractivity contribution in [3.63, 3.8) is 0 Å². The van der Waals surface area contributed by atoms with E-state index in [1.807, 2.05) is 11.8 Å². The molecule has 0 aliphatic carbocycles. The molecule has 2 rings (SSSR count). The first kappa shape index (κ1) is 19.7. The van der Waals surface area contributed by atoms with E-state index >= 15 is 0 Å². The first-order valence-corrected chi connectivity index (χ1v) is 9.84. The minimum Gasteiger partial charge on any atom is -0.326 e. The summed E-state index contributed by atoms with van der Waals surface area (Å²) in [7, 11) is -2.99. The summed E-state index contributed by atoms with van der Waals surface area (Å²) in [4.78, 5) is 13.9. The third-order valence-corrected chi connectivity index (χ3v) is 6.00. The molecule has 1 heterocycles. The van der Waals surface area contributed by atoms with Crippen LogP contribution in [0.1, 0.15) is 25.3 Å². The van der Waals surface area contributed by atoms with E-state index in [2.05, 4.69) is 5.32 Å². The number of nitrogens with one attached hydrogen (secondary N) is 1. The zero-order valence-electron chi connectivity index (χ0n) is 13.8. The molecule has 25 heavy (non-hydrogen) atoms. The quantitative estimate of drug-likeness (QED) is 0.826. The van der Waals surface area contributed by atoms with Gasteiger partial charge in [-0.15, -0.1) is 0 Å². The molecule has 0 aromatic heterocycles. The van der Waals surface area contributed by atoms with Crippen molar-refractivity contribution in [2.45, 2.75) is 32.0 Å². The Bertz CT molecular complexity index is 702. The van der Waals surface area contributed by atoms with E-state index in [9.17, 15) is 26.4 Å². The lowest BCUT2D eigenvalue weighted by molar-refractivity contribution is -0.137. The Morgan fingerprint density at radius 1 is 1.28 bits per heavy atom. The Hall–Kier alpha value is -1.61. The van der Waals surface area contributed by atoms with Crippen molar-refractivity contribution < 1.29 is 26.4 Å². The predicted octanol–water partition coefficient (Wildman–Crippen LogP) is 2.54. The minimum atomic E-state index is -4.41. The van der Waals surface area contributed by atoms with Gasteiger partial charge >= 0.3 is 6.18 Å². The largest absolute Gasteiger partial charge is 0.416 e. The highest BCUT2D eigenvalue weighted by Gasteiger charge is 2.32. The lowest BCUT2D eigenvalue weighted by Gasteiger charge is -2.26. The summed E-state index contributed by atoms with van der Waals surface area (Å²) in [6, 6.07) is 4.17. The van der Waals surface area contributed by atoms with Crippen LogP contribution >= 0.6 is 0 Å². The van der Waals surface area contributed by atoms with Crippen LogP contribution in [-0.2, 0) is 20.8 Å². The zero-order valence-corrected chi connectivity index (χ0v) is 14.7. The van der Waals surface area contributed by atoms with E-state index in [4.69, 9.17) is 0 Å². The average Bonchev–Trinajstić information content (AvgIpc) is 2.87. The zero-order chi connectivity index (χ0) is 18.7. The fraction of sp³-hybridized carbons (Fsp3) is 0.562. The van der Waals surface area contributed by atoms with Crippen molar-refractivity contribution in [1.29, 1.82) is 0 Å². The molecule has 5 nitrogen and oxygen atoms in total. The number of anilines is 1. The normalized spacial score (nSPS) is 20.0. The van der Waals surface area contributed by atoms with Crippen molar-refractivity contribution in [3.8, 4) is 0 Å². The second kappa shape index (κ2) is 7.74. The summed E-state index contributed by atoms with van der Waals surface area (Å²) in [5, 5.41) is 2.56. The van der Waals surface area contributed by atoms with Gasteiger partial charge in [0.1, 0.15) is 0 Å². The highest BCUT2D eigenvalue weighted by atomic mass is 32.2. The van der Waals surface area contributed by atoms with Gasteiger partial charge < -0.3 is 5.32 Å². The SMILES string of the molecule is CCN(CCC(=O)Nc1ccc(C(F)(F)F)cc1)C1CCS(=O)(=O)C1. The molecule has 0 radical (unpaired) electrons. The van der Waals surface area contributed by atoms with Crippen molar-refractivity contribution in [3.05, 3.63) is 29.8 Å². The van der Waals surface area contributed by atoms with Crippen LogP contribution in [0.15, 0.2) is 24.3 Å². The third kappa shape index (κ3) is 5.71. The van der Waals surface area contributed by atoms with Crippen LogP contribution in [-0.4, -0.2) is 49.9 Å². The number of carbonyl (C=O) groups excluding carboxylic acids is 1. The van der Waals surface area contributed by atoms with Gasteiger partial charge in [0.15, 0.2) is 9.84 Å². The fourth-order valence-corrected chi connectivity index (χ4v) is 4.64. The number of halogens is 3. The second-order valence-electron chi connectivity index (χ2n) is 6.06. The van der Waals surface area contributed by atoms with Crippen LogP contribution in [0.3, 0.4) is 0 Å².